The summed E-state index contributed by atoms with van der Waals surface area (Å²) < 4.78 is 27.4. The van der Waals surface area contributed by atoms with E-state index in [0.29, 0.717) is 10.8 Å². The highest BCUT2D eigenvalue weighted by atomic mass is 35.5. The van der Waals surface area contributed by atoms with Crippen LogP contribution in [0.4, 0.5) is 0 Å². The number of rotatable bonds is 7. The van der Waals surface area contributed by atoms with Crippen molar-refractivity contribution in [2.75, 3.05) is 6.61 Å². The zero-order valence-electron chi connectivity index (χ0n) is 10.4. The van der Waals surface area contributed by atoms with E-state index in [9.17, 15) is 8.42 Å². The normalized spacial score (nSPS) is 15.6. The summed E-state index contributed by atoms with van der Waals surface area (Å²) in [6.45, 7) is 3.86. The summed E-state index contributed by atoms with van der Waals surface area (Å²) in [7, 11) is -3.51. The van der Waals surface area contributed by atoms with E-state index in [1.807, 2.05) is 13.8 Å². The van der Waals surface area contributed by atoms with Crippen LogP contribution in [0.1, 0.15) is 26.7 Å². The van der Waals surface area contributed by atoms with Gasteiger partial charge in [0.1, 0.15) is 4.21 Å². The molecule has 0 amide bonds. The van der Waals surface area contributed by atoms with E-state index in [2.05, 4.69) is 4.72 Å². The molecule has 0 unspecified atom stereocenters. The van der Waals surface area contributed by atoms with E-state index in [1.165, 1.54) is 6.07 Å². The second-order valence-corrected chi connectivity index (χ2v) is 7.81. The molecule has 0 saturated heterocycles. The van der Waals surface area contributed by atoms with Gasteiger partial charge in [0, 0.05) is 12.6 Å². The van der Waals surface area contributed by atoms with Crippen LogP contribution in [-0.2, 0) is 10.0 Å². The Labute approximate surface area is 117 Å². The average Bonchev–Trinajstić information content (AvgIpc) is 2.72. The summed E-state index contributed by atoms with van der Waals surface area (Å²) in [5, 5.41) is 8.94. The fraction of sp³-hybridized carbons (Fsp3) is 0.636. The van der Waals surface area contributed by atoms with Crippen molar-refractivity contribution in [2.24, 2.45) is 5.92 Å². The number of nitrogens with one attached hydrogen (secondary N) is 1. The van der Waals surface area contributed by atoms with Gasteiger partial charge in [0.15, 0.2) is 0 Å². The third kappa shape index (κ3) is 4.20. The first-order chi connectivity index (χ1) is 8.40. The molecule has 1 aromatic heterocycles. The molecule has 7 heteroatoms. The first-order valence-corrected chi connectivity index (χ1v) is 8.47. The fourth-order valence-electron chi connectivity index (χ4n) is 1.81. The van der Waals surface area contributed by atoms with Gasteiger partial charge in [-0.3, -0.25) is 0 Å². The topological polar surface area (TPSA) is 66.4 Å². The van der Waals surface area contributed by atoms with Crippen molar-refractivity contribution in [1.82, 2.24) is 4.72 Å². The maximum Gasteiger partial charge on any atom is 0.250 e. The molecule has 0 saturated carbocycles. The third-order valence-corrected chi connectivity index (χ3v) is 6.17. The second-order valence-electron chi connectivity index (χ2n) is 4.15. The molecule has 1 aromatic rings. The fourth-order valence-corrected chi connectivity index (χ4v) is 4.63. The Morgan fingerprint density at radius 1 is 1.50 bits per heavy atom. The predicted molar refractivity (Wildman–Crippen MR) is 74.6 cm³/mol. The number of sulfonamides is 1. The Balaban J connectivity index is 2.76. The molecule has 2 N–H and O–H groups in total. The molecule has 0 fully saturated rings. The minimum atomic E-state index is -3.51. The van der Waals surface area contributed by atoms with E-state index in [1.54, 1.807) is 6.07 Å². The van der Waals surface area contributed by atoms with Gasteiger partial charge in [-0.25, -0.2) is 13.1 Å². The van der Waals surface area contributed by atoms with Gasteiger partial charge in [-0.15, -0.1) is 11.3 Å². The summed E-state index contributed by atoms with van der Waals surface area (Å²) in [6.07, 6.45) is 1.40. The van der Waals surface area contributed by atoms with Crippen LogP contribution in [0.2, 0.25) is 4.34 Å². The molecule has 0 aliphatic carbocycles. The summed E-state index contributed by atoms with van der Waals surface area (Å²) in [5.74, 6) is 0.125. The molecule has 1 heterocycles. The van der Waals surface area contributed by atoms with Crippen molar-refractivity contribution in [3.05, 3.63) is 16.5 Å². The Bertz CT molecular complexity index is 472. The van der Waals surface area contributed by atoms with Crippen molar-refractivity contribution < 1.29 is 13.5 Å². The molecule has 0 aliphatic heterocycles. The van der Waals surface area contributed by atoms with Crippen LogP contribution in [0.5, 0.6) is 0 Å². The molecule has 1 rings (SSSR count). The Hall–Kier alpha value is -0.140. The number of aliphatic hydroxyl groups is 1. The molecular weight excluding hydrogens is 294 g/mol. The number of halogens is 1. The lowest BCUT2D eigenvalue weighted by molar-refractivity contribution is 0.238. The Morgan fingerprint density at radius 2 is 2.17 bits per heavy atom. The van der Waals surface area contributed by atoms with Crippen LogP contribution in [0.3, 0.4) is 0 Å². The summed E-state index contributed by atoms with van der Waals surface area (Å²) in [4.78, 5) is 0. The highest BCUT2D eigenvalue weighted by Crippen LogP contribution is 2.26. The van der Waals surface area contributed by atoms with Crippen LogP contribution in [-0.4, -0.2) is 26.2 Å². The number of hydrogen-bond donors (Lipinski definition) is 2. The summed E-state index contributed by atoms with van der Waals surface area (Å²) >= 11 is 6.77. The van der Waals surface area contributed by atoms with E-state index in [0.717, 1.165) is 17.8 Å². The van der Waals surface area contributed by atoms with E-state index in [-0.39, 0.29) is 22.8 Å². The maximum atomic E-state index is 12.1. The molecule has 0 bridgehead atoms. The van der Waals surface area contributed by atoms with E-state index >= 15 is 0 Å². The molecule has 0 radical (unpaired) electrons. The smallest absolute Gasteiger partial charge is 0.250 e. The number of aliphatic hydroxyl groups excluding tert-OH is 1. The first-order valence-electron chi connectivity index (χ1n) is 5.79. The maximum absolute atomic E-state index is 12.1. The van der Waals surface area contributed by atoms with Crippen molar-refractivity contribution in [3.8, 4) is 0 Å². The van der Waals surface area contributed by atoms with Gasteiger partial charge < -0.3 is 5.11 Å². The standard InChI is InChI=1S/C11H18ClNO3S2/c1-3-9(6-7-14)8(2)13-18(15,16)11-5-4-10(12)17-11/h4-5,8-9,13-14H,3,6-7H2,1-2H3/t8-,9-/m0/s1. The highest BCUT2D eigenvalue weighted by molar-refractivity contribution is 7.91. The molecular formula is C11H18ClNO3S2. The lowest BCUT2D eigenvalue weighted by atomic mass is 9.96. The molecule has 2 atom stereocenters. The molecule has 0 spiro atoms. The van der Waals surface area contributed by atoms with Gasteiger partial charge in [-0.2, -0.15) is 0 Å². The van der Waals surface area contributed by atoms with Crippen molar-refractivity contribution in [1.29, 1.82) is 0 Å². The van der Waals surface area contributed by atoms with Crippen LogP contribution >= 0.6 is 22.9 Å². The van der Waals surface area contributed by atoms with Crippen LogP contribution in [0.15, 0.2) is 16.3 Å². The largest absolute Gasteiger partial charge is 0.396 e. The highest BCUT2D eigenvalue weighted by Gasteiger charge is 2.23. The van der Waals surface area contributed by atoms with Gasteiger partial charge in [-0.1, -0.05) is 24.9 Å². The molecule has 104 valence electrons. The van der Waals surface area contributed by atoms with Crippen LogP contribution < -0.4 is 4.72 Å². The Morgan fingerprint density at radius 3 is 2.61 bits per heavy atom. The summed E-state index contributed by atoms with van der Waals surface area (Å²) in [6, 6.07) is 2.85. The van der Waals surface area contributed by atoms with Gasteiger partial charge >= 0.3 is 0 Å². The molecule has 18 heavy (non-hydrogen) atoms. The van der Waals surface area contributed by atoms with Crippen molar-refractivity contribution >= 4 is 33.0 Å². The first kappa shape index (κ1) is 15.9. The lowest BCUT2D eigenvalue weighted by Gasteiger charge is -2.22. The van der Waals surface area contributed by atoms with E-state index < -0.39 is 10.0 Å². The molecule has 0 aromatic carbocycles. The number of hydrogen-bond acceptors (Lipinski definition) is 4. The predicted octanol–water partition coefficient (Wildman–Crippen LogP) is 2.48. The SMILES string of the molecule is CC[C@@H](CCO)[C@H](C)NS(=O)(=O)c1ccc(Cl)s1. The monoisotopic (exact) mass is 311 g/mol. The average molecular weight is 312 g/mol. The van der Waals surface area contributed by atoms with Gasteiger partial charge in [0.25, 0.3) is 0 Å². The lowest BCUT2D eigenvalue weighted by Crippen LogP contribution is -2.37. The van der Waals surface area contributed by atoms with Gasteiger partial charge in [-0.05, 0) is 31.4 Å². The van der Waals surface area contributed by atoms with Crippen molar-refractivity contribution in [3.63, 3.8) is 0 Å². The Kier molecular flexibility index (Phi) is 6.07. The van der Waals surface area contributed by atoms with E-state index in [4.69, 9.17) is 16.7 Å². The zero-order valence-corrected chi connectivity index (χ0v) is 12.8. The zero-order chi connectivity index (χ0) is 13.8. The number of thiophene rings is 1. The van der Waals surface area contributed by atoms with Gasteiger partial charge in [0.05, 0.1) is 4.34 Å². The van der Waals surface area contributed by atoms with Gasteiger partial charge in [0.2, 0.25) is 10.0 Å². The second kappa shape index (κ2) is 6.86. The quantitative estimate of drug-likeness (QED) is 0.813. The van der Waals surface area contributed by atoms with Crippen LogP contribution in [0.25, 0.3) is 0 Å². The molecule has 4 nitrogen and oxygen atoms in total. The minimum Gasteiger partial charge on any atom is -0.396 e. The van der Waals surface area contributed by atoms with Crippen LogP contribution in [0, 0.1) is 5.92 Å². The van der Waals surface area contributed by atoms with Crippen molar-refractivity contribution in [2.45, 2.75) is 36.9 Å². The third-order valence-electron chi connectivity index (χ3n) is 2.89. The minimum absolute atomic E-state index is 0.0649. The molecule has 0 aliphatic rings. The summed E-state index contributed by atoms with van der Waals surface area (Å²) in [5.41, 5.74) is 0.